The number of aryl methyl sites for hydroxylation is 1. The van der Waals surface area contributed by atoms with Gasteiger partial charge in [0.25, 0.3) is 0 Å². The van der Waals surface area contributed by atoms with E-state index in [1.54, 1.807) is 0 Å². The summed E-state index contributed by atoms with van der Waals surface area (Å²) in [6.07, 6.45) is 0. The number of piperazine rings is 1. The molecule has 0 unspecified atom stereocenters. The van der Waals surface area contributed by atoms with E-state index in [9.17, 15) is 4.79 Å². The van der Waals surface area contributed by atoms with Gasteiger partial charge in [-0.25, -0.2) is 9.78 Å². The Labute approximate surface area is 153 Å². The first-order valence-electron chi connectivity index (χ1n) is 8.93. The summed E-state index contributed by atoms with van der Waals surface area (Å²) in [6.45, 7) is 5.06. The number of hydrogen-bond acceptors (Lipinski definition) is 3. The van der Waals surface area contributed by atoms with Gasteiger partial charge in [-0.15, -0.1) is 0 Å². The molecule has 3 aromatic rings. The van der Waals surface area contributed by atoms with Crippen LogP contribution in [0.15, 0.2) is 60.7 Å². The first-order valence-corrected chi connectivity index (χ1v) is 8.93. The molecule has 0 saturated carbocycles. The molecule has 0 bridgehead atoms. The van der Waals surface area contributed by atoms with E-state index in [0.717, 1.165) is 30.1 Å². The Morgan fingerprint density at radius 2 is 1.65 bits per heavy atom. The van der Waals surface area contributed by atoms with Crippen molar-refractivity contribution >= 4 is 28.4 Å². The predicted molar refractivity (Wildman–Crippen MR) is 106 cm³/mol. The van der Waals surface area contributed by atoms with E-state index >= 15 is 0 Å². The lowest BCUT2D eigenvalue weighted by molar-refractivity contribution is 0.208. The normalized spacial score (nSPS) is 14.5. The Kier molecular flexibility index (Phi) is 4.44. The smallest absolute Gasteiger partial charge is 0.321 e. The number of anilines is 2. The Morgan fingerprint density at radius 1 is 0.962 bits per heavy atom. The summed E-state index contributed by atoms with van der Waals surface area (Å²) in [4.78, 5) is 21.3. The van der Waals surface area contributed by atoms with Crippen LogP contribution in [0.2, 0.25) is 0 Å². The van der Waals surface area contributed by atoms with Crippen LogP contribution in [0, 0.1) is 6.92 Å². The van der Waals surface area contributed by atoms with Crippen LogP contribution in [0.5, 0.6) is 0 Å². The van der Waals surface area contributed by atoms with Gasteiger partial charge in [0.2, 0.25) is 0 Å². The molecule has 2 aromatic carbocycles. The van der Waals surface area contributed by atoms with Gasteiger partial charge in [-0.3, -0.25) is 0 Å². The van der Waals surface area contributed by atoms with E-state index in [0.29, 0.717) is 13.1 Å². The van der Waals surface area contributed by atoms with Gasteiger partial charge in [-0.2, -0.15) is 0 Å². The molecule has 5 heteroatoms. The quantitative estimate of drug-likeness (QED) is 0.766. The molecule has 0 atom stereocenters. The molecule has 5 nitrogen and oxygen atoms in total. The second-order valence-electron chi connectivity index (χ2n) is 6.58. The second-order valence-corrected chi connectivity index (χ2v) is 6.58. The molecule has 1 N–H and O–H groups in total. The summed E-state index contributed by atoms with van der Waals surface area (Å²) in [7, 11) is 0. The fourth-order valence-corrected chi connectivity index (χ4v) is 3.36. The van der Waals surface area contributed by atoms with Crippen molar-refractivity contribution in [2.24, 2.45) is 0 Å². The maximum absolute atomic E-state index is 12.4. The van der Waals surface area contributed by atoms with Crippen LogP contribution in [-0.4, -0.2) is 42.1 Å². The number of rotatable bonds is 2. The van der Waals surface area contributed by atoms with Crippen LogP contribution in [0.25, 0.3) is 10.9 Å². The third-order valence-electron chi connectivity index (χ3n) is 4.83. The number of carbonyl (C=O) groups is 1. The Hall–Kier alpha value is -3.08. The number of nitrogens with one attached hydrogen (secondary N) is 1. The zero-order valence-corrected chi connectivity index (χ0v) is 14.9. The minimum atomic E-state index is -0.0431. The minimum Gasteiger partial charge on any atom is -0.353 e. The molecule has 1 aliphatic heterocycles. The van der Waals surface area contributed by atoms with Gasteiger partial charge in [-0.05, 0) is 36.8 Å². The summed E-state index contributed by atoms with van der Waals surface area (Å²) in [5, 5.41) is 4.14. The van der Waals surface area contributed by atoms with Crippen molar-refractivity contribution in [1.82, 2.24) is 9.88 Å². The first kappa shape index (κ1) is 16.4. The molecule has 1 aromatic heterocycles. The predicted octanol–water partition coefficient (Wildman–Crippen LogP) is 3.90. The van der Waals surface area contributed by atoms with Crippen molar-refractivity contribution in [2.45, 2.75) is 6.92 Å². The van der Waals surface area contributed by atoms with Crippen molar-refractivity contribution in [1.29, 1.82) is 0 Å². The molecule has 0 aliphatic carbocycles. The molecule has 26 heavy (non-hydrogen) atoms. The number of fused-ring (bicyclic) bond motifs is 1. The van der Waals surface area contributed by atoms with E-state index in [4.69, 9.17) is 4.98 Å². The van der Waals surface area contributed by atoms with Crippen LogP contribution in [-0.2, 0) is 0 Å². The summed E-state index contributed by atoms with van der Waals surface area (Å²) >= 11 is 0. The lowest BCUT2D eigenvalue weighted by Gasteiger charge is -2.35. The first-order chi connectivity index (χ1) is 12.7. The van der Waals surface area contributed by atoms with Gasteiger partial charge in [0.1, 0.15) is 5.82 Å². The molecule has 0 spiro atoms. The molecule has 132 valence electrons. The molecule has 2 heterocycles. The average Bonchev–Trinajstić information content (AvgIpc) is 2.69. The lowest BCUT2D eigenvalue weighted by Crippen LogP contribution is -2.50. The molecule has 1 fully saturated rings. The summed E-state index contributed by atoms with van der Waals surface area (Å²) in [5.41, 5.74) is 3.08. The number of amides is 2. The van der Waals surface area contributed by atoms with Gasteiger partial charge >= 0.3 is 6.03 Å². The zero-order chi connectivity index (χ0) is 17.9. The van der Waals surface area contributed by atoms with Gasteiger partial charge in [0.05, 0.1) is 5.52 Å². The molecule has 0 radical (unpaired) electrons. The molecular formula is C21H22N4O. The number of pyridine rings is 1. The number of hydrogen-bond donors (Lipinski definition) is 1. The molecule has 1 aliphatic rings. The maximum Gasteiger partial charge on any atom is 0.321 e. The SMILES string of the molecule is Cc1cc(N2CCN(C(=O)Nc3ccccc3)CC2)nc2ccccc12. The van der Waals surface area contributed by atoms with Gasteiger partial charge in [-0.1, -0.05) is 36.4 Å². The number of urea groups is 1. The number of carbonyl (C=O) groups excluding carboxylic acids is 1. The van der Waals surface area contributed by atoms with Crippen LogP contribution in [0.3, 0.4) is 0 Å². The minimum absolute atomic E-state index is 0.0431. The van der Waals surface area contributed by atoms with Gasteiger partial charge < -0.3 is 15.1 Å². The Balaban J connectivity index is 1.43. The highest BCUT2D eigenvalue weighted by Crippen LogP contribution is 2.23. The van der Waals surface area contributed by atoms with Gasteiger partial charge in [0, 0.05) is 37.3 Å². The van der Waals surface area contributed by atoms with Crippen molar-refractivity contribution in [3.05, 3.63) is 66.2 Å². The van der Waals surface area contributed by atoms with Crippen LogP contribution in [0.1, 0.15) is 5.56 Å². The fourth-order valence-electron chi connectivity index (χ4n) is 3.36. The number of aromatic nitrogens is 1. The Morgan fingerprint density at radius 3 is 2.42 bits per heavy atom. The van der Waals surface area contributed by atoms with Gasteiger partial charge in [0.15, 0.2) is 0 Å². The van der Waals surface area contributed by atoms with E-state index < -0.39 is 0 Å². The highest BCUT2D eigenvalue weighted by atomic mass is 16.2. The maximum atomic E-state index is 12.4. The highest BCUT2D eigenvalue weighted by molar-refractivity contribution is 5.89. The van der Waals surface area contributed by atoms with E-state index in [1.807, 2.05) is 47.4 Å². The fraction of sp³-hybridized carbons (Fsp3) is 0.238. The van der Waals surface area contributed by atoms with Crippen molar-refractivity contribution < 1.29 is 4.79 Å². The second kappa shape index (κ2) is 7.04. The summed E-state index contributed by atoms with van der Waals surface area (Å²) in [5.74, 6) is 0.990. The lowest BCUT2D eigenvalue weighted by atomic mass is 10.1. The van der Waals surface area contributed by atoms with E-state index in [1.165, 1.54) is 10.9 Å². The van der Waals surface area contributed by atoms with E-state index in [2.05, 4.69) is 35.3 Å². The molecular weight excluding hydrogens is 324 g/mol. The standard InChI is InChI=1S/C21H22N4O/c1-16-15-20(23-19-10-6-5-9-18(16)19)24-11-13-25(14-12-24)21(26)22-17-7-3-2-4-8-17/h2-10,15H,11-14H2,1H3,(H,22,26). The monoisotopic (exact) mass is 346 g/mol. The molecule has 2 amide bonds. The average molecular weight is 346 g/mol. The zero-order valence-electron chi connectivity index (χ0n) is 14.9. The number of benzene rings is 2. The summed E-state index contributed by atoms with van der Waals surface area (Å²) in [6, 6.07) is 19.9. The largest absolute Gasteiger partial charge is 0.353 e. The van der Waals surface area contributed by atoms with Crippen molar-refractivity contribution in [3.8, 4) is 0 Å². The van der Waals surface area contributed by atoms with E-state index in [-0.39, 0.29) is 6.03 Å². The number of para-hydroxylation sites is 2. The topological polar surface area (TPSA) is 48.5 Å². The van der Waals surface area contributed by atoms with Crippen molar-refractivity contribution in [2.75, 3.05) is 36.4 Å². The Bertz CT molecular complexity index is 918. The molecule has 4 rings (SSSR count). The van der Waals surface area contributed by atoms with Crippen LogP contribution < -0.4 is 10.2 Å². The summed E-state index contributed by atoms with van der Waals surface area (Å²) < 4.78 is 0. The highest BCUT2D eigenvalue weighted by Gasteiger charge is 2.22. The van der Waals surface area contributed by atoms with Crippen LogP contribution in [0.4, 0.5) is 16.3 Å². The van der Waals surface area contributed by atoms with Crippen LogP contribution >= 0.6 is 0 Å². The third kappa shape index (κ3) is 3.33. The van der Waals surface area contributed by atoms with Crippen molar-refractivity contribution in [3.63, 3.8) is 0 Å². The third-order valence-corrected chi connectivity index (χ3v) is 4.83. The molecule has 1 saturated heterocycles. The number of nitrogens with zero attached hydrogens (tertiary/aromatic N) is 3.